The van der Waals surface area contributed by atoms with Crippen molar-refractivity contribution >= 4 is 17.6 Å². The first-order valence-electron chi connectivity index (χ1n) is 11.3. The Balaban J connectivity index is 1.61. The lowest BCUT2D eigenvalue weighted by Crippen LogP contribution is -2.59. The van der Waals surface area contributed by atoms with Gasteiger partial charge in [0.1, 0.15) is 5.82 Å². The quantitative estimate of drug-likeness (QED) is 0.634. The molecule has 0 radical (unpaired) electrons. The van der Waals surface area contributed by atoms with Crippen LogP contribution in [-0.4, -0.2) is 27.2 Å². The second kappa shape index (κ2) is 8.23. The SMILES string of the molecule is Cc1cccnc1NC(=O)[C@H]1c2ccccc2C(=O)N(Cc2ccccc2)C12CCCC2. The molecular formula is C27H27N3O2. The largest absolute Gasteiger partial charge is 0.327 e. The average molecular weight is 426 g/mol. The van der Waals surface area contributed by atoms with Crippen LogP contribution in [0.25, 0.3) is 0 Å². The van der Waals surface area contributed by atoms with Gasteiger partial charge in [-0.05, 0) is 48.6 Å². The van der Waals surface area contributed by atoms with Gasteiger partial charge in [-0.2, -0.15) is 0 Å². The molecule has 1 aliphatic heterocycles. The van der Waals surface area contributed by atoms with Crippen molar-refractivity contribution < 1.29 is 9.59 Å². The Labute approximate surface area is 188 Å². The number of hydrogen-bond donors (Lipinski definition) is 1. The minimum atomic E-state index is -0.534. The Morgan fingerprint density at radius 3 is 2.50 bits per heavy atom. The van der Waals surface area contributed by atoms with Crippen molar-refractivity contribution in [1.82, 2.24) is 9.88 Å². The lowest BCUT2D eigenvalue weighted by Gasteiger charge is -2.50. The minimum Gasteiger partial charge on any atom is -0.327 e. The highest BCUT2D eigenvalue weighted by molar-refractivity contribution is 6.05. The Morgan fingerprint density at radius 1 is 1.03 bits per heavy atom. The molecular weight excluding hydrogens is 398 g/mol. The number of anilines is 1. The lowest BCUT2D eigenvalue weighted by molar-refractivity contribution is -0.121. The van der Waals surface area contributed by atoms with E-state index >= 15 is 0 Å². The van der Waals surface area contributed by atoms with Gasteiger partial charge in [0.05, 0.1) is 11.5 Å². The summed E-state index contributed by atoms with van der Waals surface area (Å²) in [7, 11) is 0. The molecule has 1 aromatic heterocycles. The van der Waals surface area contributed by atoms with Crippen molar-refractivity contribution in [2.45, 2.75) is 50.6 Å². The summed E-state index contributed by atoms with van der Waals surface area (Å²) in [4.78, 5) is 34.0. The van der Waals surface area contributed by atoms with Gasteiger partial charge in [-0.25, -0.2) is 4.98 Å². The Kier molecular flexibility index (Phi) is 5.25. The van der Waals surface area contributed by atoms with E-state index in [4.69, 9.17) is 0 Å². The molecule has 2 aromatic carbocycles. The first-order valence-corrected chi connectivity index (χ1v) is 11.3. The molecule has 1 spiro atoms. The van der Waals surface area contributed by atoms with E-state index < -0.39 is 11.5 Å². The van der Waals surface area contributed by atoms with E-state index in [1.807, 2.05) is 78.6 Å². The normalized spacial score (nSPS) is 19.1. The molecule has 5 nitrogen and oxygen atoms in total. The fourth-order valence-corrected chi connectivity index (χ4v) is 5.47. The molecule has 2 aliphatic rings. The van der Waals surface area contributed by atoms with Gasteiger partial charge < -0.3 is 10.2 Å². The maximum absolute atomic E-state index is 13.9. The van der Waals surface area contributed by atoms with Gasteiger partial charge in [-0.1, -0.05) is 67.4 Å². The van der Waals surface area contributed by atoms with Gasteiger partial charge in [0.15, 0.2) is 0 Å². The van der Waals surface area contributed by atoms with Crippen molar-refractivity contribution in [3.8, 4) is 0 Å². The summed E-state index contributed by atoms with van der Waals surface area (Å²) in [6.45, 7) is 2.44. The Hall–Kier alpha value is -3.47. The lowest BCUT2D eigenvalue weighted by atomic mass is 9.71. The Morgan fingerprint density at radius 2 is 1.75 bits per heavy atom. The number of amides is 2. The summed E-state index contributed by atoms with van der Waals surface area (Å²) >= 11 is 0. The minimum absolute atomic E-state index is 0.0180. The number of aryl methyl sites for hydroxylation is 1. The van der Waals surface area contributed by atoms with Crippen LogP contribution in [0.2, 0.25) is 0 Å². The highest BCUT2D eigenvalue weighted by Gasteiger charge is 2.55. The molecule has 5 rings (SSSR count). The van der Waals surface area contributed by atoms with Crippen LogP contribution in [0.1, 0.15) is 58.6 Å². The molecule has 32 heavy (non-hydrogen) atoms. The fourth-order valence-electron chi connectivity index (χ4n) is 5.47. The second-order valence-electron chi connectivity index (χ2n) is 8.87. The van der Waals surface area contributed by atoms with E-state index in [1.54, 1.807) is 6.20 Å². The zero-order valence-corrected chi connectivity index (χ0v) is 18.3. The van der Waals surface area contributed by atoms with Gasteiger partial charge >= 0.3 is 0 Å². The monoisotopic (exact) mass is 425 g/mol. The summed E-state index contributed by atoms with van der Waals surface area (Å²) in [6.07, 6.45) is 5.34. The fraction of sp³-hybridized carbons (Fsp3) is 0.296. The van der Waals surface area contributed by atoms with Gasteiger partial charge in [0.2, 0.25) is 5.91 Å². The van der Waals surface area contributed by atoms with E-state index in [1.165, 1.54) is 0 Å². The molecule has 2 heterocycles. The number of carbonyl (C=O) groups excluding carboxylic acids is 2. The predicted octanol–water partition coefficient (Wildman–Crippen LogP) is 5.08. The number of carbonyl (C=O) groups is 2. The molecule has 1 atom stereocenters. The molecule has 5 heteroatoms. The zero-order chi connectivity index (χ0) is 22.1. The molecule has 2 amide bonds. The third-order valence-corrected chi connectivity index (χ3v) is 6.99. The maximum Gasteiger partial charge on any atom is 0.254 e. The number of benzene rings is 2. The van der Waals surface area contributed by atoms with Crippen LogP contribution in [0.5, 0.6) is 0 Å². The molecule has 3 aromatic rings. The van der Waals surface area contributed by atoms with Crippen LogP contribution >= 0.6 is 0 Å². The van der Waals surface area contributed by atoms with Crippen molar-refractivity contribution in [1.29, 1.82) is 0 Å². The summed E-state index contributed by atoms with van der Waals surface area (Å²) in [5, 5.41) is 3.08. The molecule has 1 aliphatic carbocycles. The first-order chi connectivity index (χ1) is 15.6. The van der Waals surface area contributed by atoms with Crippen molar-refractivity contribution in [3.63, 3.8) is 0 Å². The molecule has 1 saturated carbocycles. The summed E-state index contributed by atoms with van der Waals surface area (Å²) in [5.41, 5.74) is 2.91. The summed E-state index contributed by atoms with van der Waals surface area (Å²) in [6, 6.07) is 21.5. The number of nitrogens with zero attached hydrogens (tertiary/aromatic N) is 2. The van der Waals surface area contributed by atoms with Crippen LogP contribution in [-0.2, 0) is 11.3 Å². The van der Waals surface area contributed by atoms with Gasteiger partial charge in [0, 0.05) is 18.3 Å². The number of fused-ring (bicyclic) bond motifs is 1. The van der Waals surface area contributed by atoms with E-state index in [0.29, 0.717) is 17.9 Å². The highest BCUT2D eigenvalue weighted by Crippen LogP contribution is 2.51. The standard InChI is InChI=1S/C27H27N3O2/c1-19-10-9-17-28-24(19)29-25(31)23-21-13-5-6-14-22(21)26(32)30(27(23)15-7-8-16-27)18-20-11-3-2-4-12-20/h2-6,9-14,17,23H,7-8,15-16,18H2,1H3,(H,28,29,31)/t23-/m1/s1. The number of hydrogen-bond acceptors (Lipinski definition) is 3. The smallest absolute Gasteiger partial charge is 0.254 e. The Bertz CT molecular complexity index is 1150. The van der Waals surface area contributed by atoms with Crippen LogP contribution in [0.3, 0.4) is 0 Å². The number of nitrogens with one attached hydrogen (secondary N) is 1. The van der Waals surface area contributed by atoms with Crippen LogP contribution in [0.15, 0.2) is 72.9 Å². The van der Waals surface area contributed by atoms with Crippen LogP contribution in [0.4, 0.5) is 5.82 Å². The average Bonchev–Trinajstić information content (AvgIpc) is 3.29. The third-order valence-electron chi connectivity index (χ3n) is 6.99. The first kappa shape index (κ1) is 20.4. The molecule has 0 saturated heterocycles. The number of pyridine rings is 1. The van der Waals surface area contributed by atoms with Crippen molar-refractivity contribution in [3.05, 3.63) is 95.2 Å². The number of rotatable bonds is 4. The maximum atomic E-state index is 13.9. The van der Waals surface area contributed by atoms with Gasteiger partial charge in [-0.15, -0.1) is 0 Å². The predicted molar refractivity (Wildman–Crippen MR) is 124 cm³/mol. The molecule has 0 unspecified atom stereocenters. The summed E-state index contributed by atoms with van der Waals surface area (Å²) < 4.78 is 0. The van der Waals surface area contributed by atoms with Crippen molar-refractivity contribution in [2.24, 2.45) is 0 Å². The summed E-state index contributed by atoms with van der Waals surface area (Å²) in [5.74, 6) is 0.0646. The van der Waals surface area contributed by atoms with E-state index in [-0.39, 0.29) is 11.8 Å². The molecule has 162 valence electrons. The van der Waals surface area contributed by atoms with Gasteiger partial charge in [0.25, 0.3) is 5.91 Å². The van der Waals surface area contributed by atoms with E-state index in [9.17, 15) is 9.59 Å². The van der Waals surface area contributed by atoms with E-state index in [2.05, 4.69) is 10.3 Å². The second-order valence-corrected chi connectivity index (χ2v) is 8.87. The van der Waals surface area contributed by atoms with Gasteiger partial charge in [-0.3, -0.25) is 9.59 Å². The van der Waals surface area contributed by atoms with Crippen LogP contribution < -0.4 is 5.32 Å². The third kappa shape index (κ3) is 3.38. The zero-order valence-electron chi connectivity index (χ0n) is 18.3. The molecule has 1 N–H and O–H groups in total. The van der Waals surface area contributed by atoms with Crippen LogP contribution in [0, 0.1) is 6.92 Å². The van der Waals surface area contributed by atoms with E-state index in [0.717, 1.165) is 42.4 Å². The van der Waals surface area contributed by atoms with Crippen molar-refractivity contribution in [2.75, 3.05) is 5.32 Å². The highest BCUT2D eigenvalue weighted by atomic mass is 16.2. The molecule has 1 fully saturated rings. The number of aromatic nitrogens is 1. The molecule has 0 bridgehead atoms. The topological polar surface area (TPSA) is 62.3 Å².